The first-order chi connectivity index (χ1) is 10.6. The van der Waals surface area contributed by atoms with Gasteiger partial charge in [0.2, 0.25) is 5.91 Å². The third-order valence-corrected chi connectivity index (χ3v) is 4.90. The highest BCUT2D eigenvalue weighted by Crippen LogP contribution is 2.23. The van der Waals surface area contributed by atoms with E-state index in [1.807, 2.05) is 24.3 Å². The van der Waals surface area contributed by atoms with Gasteiger partial charge >= 0.3 is 0 Å². The molecule has 22 heavy (non-hydrogen) atoms. The summed E-state index contributed by atoms with van der Waals surface area (Å²) in [5, 5.41) is 7.04. The van der Waals surface area contributed by atoms with E-state index in [2.05, 4.69) is 15.6 Å². The van der Waals surface area contributed by atoms with E-state index in [9.17, 15) is 9.59 Å². The number of benzene rings is 1. The highest BCUT2D eigenvalue weighted by Gasteiger charge is 2.11. The summed E-state index contributed by atoms with van der Waals surface area (Å²) in [6.07, 6.45) is 0. The topological polar surface area (TPSA) is 71.1 Å². The number of nitrogens with one attached hydrogen (secondary N) is 2. The van der Waals surface area contributed by atoms with E-state index in [-0.39, 0.29) is 11.8 Å². The minimum Gasteiger partial charge on any atom is -0.345 e. The van der Waals surface area contributed by atoms with Crippen molar-refractivity contribution in [2.75, 3.05) is 5.32 Å². The minimum atomic E-state index is -0.166. The van der Waals surface area contributed by atoms with Crippen LogP contribution in [0.1, 0.15) is 21.6 Å². The third kappa shape index (κ3) is 3.32. The molecule has 3 rings (SSSR count). The fourth-order valence-electron chi connectivity index (χ4n) is 1.94. The first-order valence-corrected chi connectivity index (χ1v) is 8.25. The number of rotatable bonds is 4. The molecule has 2 N–H and O–H groups in total. The van der Waals surface area contributed by atoms with Gasteiger partial charge in [0.25, 0.3) is 5.91 Å². The quantitative estimate of drug-likeness (QED) is 0.771. The van der Waals surface area contributed by atoms with Gasteiger partial charge in [0.05, 0.1) is 26.6 Å². The van der Waals surface area contributed by atoms with Crippen molar-refractivity contribution in [1.29, 1.82) is 0 Å². The van der Waals surface area contributed by atoms with Crippen LogP contribution >= 0.6 is 22.7 Å². The van der Waals surface area contributed by atoms with Gasteiger partial charge in [-0.3, -0.25) is 9.59 Å². The van der Waals surface area contributed by atoms with Crippen LogP contribution in [0, 0.1) is 0 Å². The smallest absolute Gasteiger partial charge is 0.261 e. The Bertz CT molecular complexity index is 805. The van der Waals surface area contributed by atoms with Crippen molar-refractivity contribution in [3.63, 3.8) is 0 Å². The van der Waals surface area contributed by atoms with Gasteiger partial charge in [-0.2, -0.15) is 0 Å². The van der Waals surface area contributed by atoms with Crippen LogP contribution in [-0.4, -0.2) is 16.8 Å². The lowest BCUT2D eigenvalue weighted by molar-refractivity contribution is -0.114. The number of aromatic nitrogens is 1. The molecule has 0 saturated heterocycles. The van der Waals surface area contributed by atoms with Crippen molar-refractivity contribution in [1.82, 2.24) is 10.3 Å². The summed E-state index contributed by atoms with van der Waals surface area (Å²) in [4.78, 5) is 28.1. The minimum absolute atomic E-state index is 0.150. The molecule has 0 atom stereocenters. The normalized spacial score (nSPS) is 10.6. The van der Waals surface area contributed by atoms with Crippen molar-refractivity contribution in [3.05, 3.63) is 46.3 Å². The summed E-state index contributed by atoms with van der Waals surface area (Å²) in [7, 11) is 0. The van der Waals surface area contributed by atoms with Crippen LogP contribution in [0.4, 0.5) is 5.00 Å². The van der Waals surface area contributed by atoms with E-state index in [4.69, 9.17) is 0 Å². The van der Waals surface area contributed by atoms with Crippen molar-refractivity contribution in [2.24, 2.45) is 0 Å². The average Bonchev–Trinajstić information content (AvgIpc) is 3.10. The molecule has 1 aromatic carbocycles. The zero-order chi connectivity index (χ0) is 15.5. The Morgan fingerprint density at radius 1 is 1.14 bits per heavy atom. The molecule has 3 aromatic rings. The maximum Gasteiger partial charge on any atom is 0.261 e. The lowest BCUT2D eigenvalue weighted by Gasteiger charge is -2.00. The first-order valence-electron chi connectivity index (χ1n) is 6.62. The summed E-state index contributed by atoms with van der Waals surface area (Å²) < 4.78 is 1.11. The summed E-state index contributed by atoms with van der Waals surface area (Å²) in [5.74, 6) is -0.316. The van der Waals surface area contributed by atoms with Gasteiger partial charge in [-0.25, -0.2) is 4.98 Å². The van der Waals surface area contributed by atoms with Gasteiger partial charge < -0.3 is 10.6 Å². The number of para-hydroxylation sites is 1. The van der Waals surface area contributed by atoms with E-state index in [0.717, 1.165) is 15.2 Å². The van der Waals surface area contributed by atoms with Gasteiger partial charge in [0.1, 0.15) is 5.01 Å². The Labute approximate surface area is 135 Å². The van der Waals surface area contributed by atoms with Gasteiger partial charge in [0, 0.05) is 6.92 Å². The number of carbonyl (C=O) groups excluding carboxylic acids is 2. The van der Waals surface area contributed by atoms with Gasteiger partial charge in [-0.1, -0.05) is 12.1 Å². The van der Waals surface area contributed by atoms with Crippen molar-refractivity contribution >= 4 is 49.7 Å². The molecule has 0 aliphatic rings. The molecule has 7 heteroatoms. The number of thiazole rings is 1. The second-order valence-electron chi connectivity index (χ2n) is 4.60. The SMILES string of the molecule is CC(=O)Nc1ccc(C(=O)NCc2nc3ccccc3s2)s1. The summed E-state index contributed by atoms with van der Waals surface area (Å²) in [5.41, 5.74) is 0.945. The van der Waals surface area contributed by atoms with Crippen LogP contribution in [-0.2, 0) is 11.3 Å². The Morgan fingerprint density at radius 2 is 1.95 bits per heavy atom. The lowest BCUT2D eigenvalue weighted by Crippen LogP contribution is -2.21. The Balaban J connectivity index is 1.64. The van der Waals surface area contributed by atoms with E-state index in [1.165, 1.54) is 18.3 Å². The first kappa shape index (κ1) is 14.7. The predicted octanol–water partition coefficient (Wildman–Crippen LogP) is 3.25. The molecule has 0 spiro atoms. The molecule has 5 nitrogen and oxygen atoms in total. The number of thiophene rings is 1. The highest BCUT2D eigenvalue weighted by molar-refractivity contribution is 7.18. The van der Waals surface area contributed by atoms with Gasteiger partial charge in [-0.15, -0.1) is 22.7 Å². The highest BCUT2D eigenvalue weighted by atomic mass is 32.1. The molecule has 0 radical (unpaired) electrons. The third-order valence-electron chi connectivity index (χ3n) is 2.87. The number of anilines is 1. The zero-order valence-corrected chi connectivity index (χ0v) is 13.4. The van der Waals surface area contributed by atoms with Gasteiger partial charge in [-0.05, 0) is 24.3 Å². The van der Waals surface area contributed by atoms with Gasteiger partial charge in [0.15, 0.2) is 0 Å². The fourth-order valence-corrected chi connectivity index (χ4v) is 3.71. The molecule has 0 aliphatic heterocycles. The van der Waals surface area contributed by atoms with Crippen LogP contribution in [0.15, 0.2) is 36.4 Å². The van der Waals surface area contributed by atoms with Crippen LogP contribution in [0.3, 0.4) is 0 Å². The van der Waals surface area contributed by atoms with Crippen molar-refractivity contribution < 1.29 is 9.59 Å². The molecule has 2 aromatic heterocycles. The average molecular weight is 331 g/mol. The fraction of sp³-hybridized carbons (Fsp3) is 0.133. The molecule has 0 aliphatic carbocycles. The maximum absolute atomic E-state index is 12.1. The number of hydrogen-bond donors (Lipinski definition) is 2. The second-order valence-corrected chi connectivity index (χ2v) is 6.80. The van der Waals surface area contributed by atoms with E-state index >= 15 is 0 Å². The molecule has 2 amide bonds. The van der Waals surface area contributed by atoms with E-state index in [0.29, 0.717) is 16.4 Å². The Morgan fingerprint density at radius 3 is 2.73 bits per heavy atom. The molecule has 0 fully saturated rings. The van der Waals surface area contributed by atoms with E-state index in [1.54, 1.807) is 23.5 Å². The van der Waals surface area contributed by atoms with Crippen LogP contribution < -0.4 is 10.6 Å². The van der Waals surface area contributed by atoms with Crippen LogP contribution in [0.2, 0.25) is 0 Å². The molecular formula is C15H13N3O2S2. The lowest BCUT2D eigenvalue weighted by atomic mass is 10.3. The standard InChI is InChI=1S/C15H13N3O2S2/c1-9(19)17-13-7-6-12(22-13)15(20)16-8-14-18-10-4-2-3-5-11(10)21-14/h2-7H,8H2,1H3,(H,16,20)(H,17,19). The Hall–Kier alpha value is -2.25. The summed E-state index contributed by atoms with van der Waals surface area (Å²) >= 11 is 2.82. The molecule has 2 heterocycles. The summed E-state index contributed by atoms with van der Waals surface area (Å²) in [6.45, 7) is 1.83. The number of carbonyl (C=O) groups is 2. The van der Waals surface area contributed by atoms with Crippen molar-refractivity contribution in [3.8, 4) is 0 Å². The largest absolute Gasteiger partial charge is 0.345 e. The van der Waals surface area contributed by atoms with Crippen LogP contribution in [0.25, 0.3) is 10.2 Å². The molecule has 0 bridgehead atoms. The molecular weight excluding hydrogens is 318 g/mol. The molecule has 0 saturated carbocycles. The summed E-state index contributed by atoms with van der Waals surface area (Å²) in [6, 6.07) is 11.3. The number of nitrogens with zero attached hydrogens (tertiary/aromatic N) is 1. The van der Waals surface area contributed by atoms with Crippen molar-refractivity contribution in [2.45, 2.75) is 13.5 Å². The monoisotopic (exact) mass is 331 g/mol. The Kier molecular flexibility index (Phi) is 4.17. The second kappa shape index (κ2) is 6.25. The predicted molar refractivity (Wildman–Crippen MR) is 89.4 cm³/mol. The van der Waals surface area contributed by atoms with E-state index < -0.39 is 0 Å². The molecule has 112 valence electrons. The van der Waals surface area contributed by atoms with Crippen LogP contribution in [0.5, 0.6) is 0 Å². The molecule has 0 unspecified atom stereocenters. The maximum atomic E-state index is 12.1. The zero-order valence-electron chi connectivity index (χ0n) is 11.8. The number of fused-ring (bicyclic) bond motifs is 1. The number of hydrogen-bond acceptors (Lipinski definition) is 5. The number of amides is 2.